The van der Waals surface area contributed by atoms with E-state index in [-0.39, 0.29) is 6.42 Å². The van der Waals surface area contributed by atoms with Crippen LogP contribution in [0.4, 0.5) is 8.78 Å². The molecule has 0 aromatic carbocycles. The van der Waals surface area contributed by atoms with Gasteiger partial charge in [-0.15, -0.1) is 0 Å². The number of aliphatic hydroxyl groups excluding tert-OH is 1. The fourth-order valence-electron chi connectivity index (χ4n) is 1.29. The van der Waals surface area contributed by atoms with Gasteiger partial charge in [-0.2, -0.15) is 0 Å². The number of ether oxygens (including phenoxy) is 1. The monoisotopic (exact) mass is 194 g/mol. The molecule has 0 aliphatic carbocycles. The number of Topliss-reactive ketones (excluding diaryl/α,β-unsaturated/α-hetero) is 1. The topological polar surface area (TPSA) is 46.5 Å². The first kappa shape index (κ1) is 10.5. The van der Waals surface area contributed by atoms with Crippen molar-refractivity contribution in [1.82, 2.24) is 0 Å². The molecule has 1 rings (SSSR count). The van der Waals surface area contributed by atoms with Crippen molar-refractivity contribution in [3.05, 3.63) is 0 Å². The van der Waals surface area contributed by atoms with E-state index in [0.29, 0.717) is 0 Å². The Morgan fingerprint density at radius 2 is 2.15 bits per heavy atom. The van der Waals surface area contributed by atoms with E-state index in [0.717, 1.165) is 0 Å². The highest BCUT2D eigenvalue weighted by atomic mass is 19.3. The Kier molecular flexibility index (Phi) is 2.68. The molecule has 3 nitrogen and oxygen atoms in total. The zero-order valence-corrected chi connectivity index (χ0v) is 7.35. The number of hydrogen-bond acceptors (Lipinski definition) is 3. The van der Waals surface area contributed by atoms with E-state index in [1.54, 1.807) is 0 Å². The molecule has 1 N–H and O–H groups in total. The van der Waals surface area contributed by atoms with Crippen molar-refractivity contribution in [2.24, 2.45) is 0 Å². The molecular weight excluding hydrogens is 182 g/mol. The minimum absolute atomic E-state index is 0.119. The lowest BCUT2D eigenvalue weighted by Gasteiger charge is -2.36. The molecule has 0 amide bonds. The predicted molar refractivity (Wildman–Crippen MR) is 40.6 cm³/mol. The van der Waals surface area contributed by atoms with Crippen LogP contribution in [-0.2, 0) is 9.53 Å². The molecule has 76 valence electrons. The third-order valence-corrected chi connectivity index (χ3v) is 2.35. The predicted octanol–water partition coefficient (Wildman–Crippen LogP) is 0.752. The average molecular weight is 194 g/mol. The summed E-state index contributed by atoms with van der Waals surface area (Å²) in [5, 5.41) is 8.89. The maximum absolute atomic E-state index is 12.6. The van der Waals surface area contributed by atoms with Gasteiger partial charge < -0.3 is 9.84 Å². The maximum Gasteiger partial charge on any atom is 0.271 e. The summed E-state index contributed by atoms with van der Waals surface area (Å²) >= 11 is 0. The fraction of sp³-hybridized carbons (Fsp3) is 0.875. The Morgan fingerprint density at radius 1 is 1.54 bits per heavy atom. The minimum Gasteiger partial charge on any atom is -0.393 e. The van der Waals surface area contributed by atoms with E-state index >= 15 is 0 Å². The van der Waals surface area contributed by atoms with E-state index < -0.39 is 36.9 Å². The zero-order valence-electron chi connectivity index (χ0n) is 7.35. The van der Waals surface area contributed by atoms with E-state index in [1.165, 1.54) is 6.92 Å². The highest BCUT2D eigenvalue weighted by Crippen LogP contribution is 2.34. The summed E-state index contributed by atoms with van der Waals surface area (Å²) in [5.74, 6) is -3.26. The van der Waals surface area contributed by atoms with Gasteiger partial charge in [0.05, 0.1) is 6.61 Å². The molecule has 1 fully saturated rings. The number of rotatable bonds is 2. The van der Waals surface area contributed by atoms with E-state index in [4.69, 9.17) is 9.84 Å². The summed E-state index contributed by atoms with van der Waals surface area (Å²) in [7, 11) is 0. The molecule has 0 saturated carbocycles. The molecule has 1 atom stereocenters. The fourth-order valence-corrected chi connectivity index (χ4v) is 1.29. The van der Waals surface area contributed by atoms with Crippen LogP contribution in [0.15, 0.2) is 0 Å². The highest BCUT2D eigenvalue weighted by Gasteiger charge is 2.46. The molecule has 13 heavy (non-hydrogen) atoms. The van der Waals surface area contributed by atoms with Crippen LogP contribution < -0.4 is 0 Å². The second kappa shape index (κ2) is 3.31. The third kappa shape index (κ3) is 2.03. The Balaban J connectivity index is 2.69. The van der Waals surface area contributed by atoms with Crippen LogP contribution in [0.2, 0.25) is 0 Å². The van der Waals surface area contributed by atoms with Crippen molar-refractivity contribution in [3.8, 4) is 0 Å². The first-order valence-electron chi connectivity index (χ1n) is 4.06. The van der Waals surface area contributed by atoms with Crippen LogP contribution in [0.5, 0.6) is 0 Å². The largest absolute Gasteiger partial charge is 0.393 e. The lowest BCUT2D eigenvalue weighted by Crippen LogP contribution is -2.51. The summed E-state index contributed by atoms with van der Waals surface area (Å²) in [6.07, 6.45) is -0.529. The van der Waals surface area contributed by atoms with Crippen molar-refractivity contribution < 1.29 is 23.4 Å². The highest BCUT2D eigenvalue weighted by molar-refractivity contribution is 5.85. The van der Waals surface area contributed by atoms with Gasteiger partial charge in [0, 0.05) is 6.42 Å². The summed E-state index contributed by atoms with van der Waals surface area (Å²) < 4.78 is 30.0. The molecule has 0 aromatic rings. The van der Waals surface area contributed by atoms with Crippen molar-refractivity contribution >= 4 is 5.78 Å². The SMILES string of the molecule is CC(=O)C1(CO)CCC(F)(F)CO1. The Morgan fingerprint density at radius 3 is 2.46 bits per heavy atom. The van der Waals surface area contributed by atoms with Crippen molar-refractivity contribution in [3.63, 3.8) is 0 Å². The Hall–Kier alpha value is -0.550. The van der Waals surface area contributed by atoms with Crippen LogP contribution in [0.1, 0.15) is 19.8 Å². The Labute approximate surface area is 74.7 Å². The molecule has 1 aliphatic heterocycles. The van der Waals surface area contributed by atoms with E-state index in [1.807, 2.05) is 0 Å². The normalized spacial score (nSPS) is 32.9. The van der Waals surface area contributed by atoms with Gasteiger partial charge in [0.25, 0.3) is 5.92 Å². The van der Waals surface area contributed by atoms with Crippen LogP contribution in [0.3, 0.4) is 0 Å². The molecule has 0 radical (unpaired) electrons. The van der Waals surface area contributed by atoms with Gasteiger partial charge in [-0.25, -0.2) is 8.78 Å². The molecule has 1 saturated heterocycles. The maximum atomic E-state index is 12.6. The number of halogens is 2. The Bertz CT molecular complexity index is 205. The number of alkyl halides is 2. The molecule has 1 heterocycles. The number of aliphatic hydroxyl groups is 1. The number of ketones is 1. The third-order valence-electron chi connectivity index (χ3n) is 2.35. The summed E-state index contributed by atoms with van der Waals surface area (Å²) in [5.41, 5.74) is -1.39. The van der Waals surface area contributed by atoms with Crippen LogP contribution >= 0.6 is 0 Å². The van der Waals surface area contributed by atoms with Gasteiger partial charge in [0.1, 0.15) is 12.2 Å². The van der Waals surface area contributed by atoms with E-state index in [2.05, 4.69) is 0 Å². The number of carbonyl (C=O) groups excluding carboxylic acids is 1. The van der Waals surface area contributed by atoms with Gasteiger partial charge in [0.15, 0.2) is 5.78 Å². The first-order valence-corrected chi connectivity index (χ1v) is 4.06. The first-order chi connectivity index (χ1) is 5.92. The van der Waals surface area contributed by atoms with E-state index in [9.17, 15) is 13.6 Å². The average Bonchev–Trinajstić information content (AvgIpc) is 2.05. The second-order valence-electron chi connectivity index (χ2n) is 3.35. The lowest BCUT2D eigenvalue weighted by molar-refractivity contribution is -0.200. The summed E-state index contributed by atoms with van der Waals surface area (Å²) in [6.45, 7) is -0.0781. The quantitative estimate of drug-likeness (QED) is 0.705. The molecule has 1 aliphatic rings. The number of hydrogen-bond donors (Lipinski definition) is 1. The van der Waals surface area contributed by atoms with Crippen molar-refractivity contribution in [1.29, 1.82) is 0 Å². The van der Waals surface area contributed by atoms with Crippen LogP contribution in [0.25, 0.3) is 0 Å². The molecule has 0 spiro atoms. The molecular formula is C8H12F2O3. The van der Waals surface area contributed by atoms with Crippen LogP contribution in [0, 0.1) is 0 Å². The van der Waals surface area contributed by atoms with Gasteiger partial charge in [-0.3, -0.25) is 4.79 Å². The van der Waals surface area contributed by atoms with Crippen molar-refractivity contribution in [2.45, 2.75) is 31.3 Å². The second-order valence-corrected chi connectivity index (χ2v) is 3.35. The summed E-state index contributed by atoms with van der Waals surface area (Å²) in [6, 6.07) is 0. The number of carbonyl (C=O) groups is 1. The van der Waals surface area contributed by atoms with Gasteiger partial charge in [0.2, 0.25) is 0 Å². The molecule has 0 aromatic heterocycles. The smallest absolute Gasteiger partial charge is 0.271 e. The van der Waals surface area contributed by atoms with Gasteiger partial charge >= 0.3 is 0 Å². The van der Waals surface area contributed by atoms with Crippen LogP contribution in [-0.4, -0.2) is 35.6 Å². The van der Waals surface area contributed by atoms with Crippen molar-refractivity contribution in [2.75, 3.05) is 13.2 Å². The summed E-state index contributed by atoms with van der Waals surface area (Å²) in [4.78, 5) is 11.0. The van der Waals surface area contributed by atoms with Gasteiger partial charge in [-0.1, -0.05) is 0 Å². The lowest BCUT2D eigenvalue weighted by atomic mass is 9.90. The van der Waals surface area contributed by atoms with Gasteiger partial charge in [-0.05, 0) is 13.3 Å². The standard InChI is InChI=1S/C8H12F2O3/c1-6(12)7(4-11)2-3-8(9,10)5-13-7/h11H,2-5H2,1H3. The molecule has 0 bridgehead atoms. The zero-order chi connectivity index (χ0) is 10.1. The molecule has 1 unspecified atom stereocenters. The molecule has 5 heteroatoms. The minimum atomic E-state index is -2.87.